The van der Waals surface area contributed by atoms with Gasteiger partial charge in [-0.2, -0.15) is 0 Å². The van der Waals surface area contributed by atoms with Crippen LogP contribution in [-0.4, -0.2) is 40.8 Å². The summed E-state index contributed by atoms with van der Waals surface area (Å²) in [6.07, 6.45) is 1.30. The molecule has 0 amide bonds. The minimum Gasteiger partial charge on any atom is -0.480 e. The van der Waals surface area contributed by atoms with E-state index in [9.17, 15) is 4.79 Å². The minimum absolute atomic E-state index is 0.494. The topological polar surface area (TPSA) is 40.5 Å². The van der Waals surface area contributed by atoms with Crippen molar-refractivity contribution >= 4 is 50.8 Å². The molecule has 0 saturated heterocycles. The summed E-state index contributed by atoms with van der Waals surface area (Å²) in [5.74, 6) is 0.294. The summed E-state index contributed by atoms with van der Waals surface area (Å²) in [5, 5.41) is 8.82. The summed E-state index contributed by atoms with van der Waals surface area (Å²) >= 11 is 14.7. The zero-order valence-corrected chi connectivity index (χ0v) is 14.2. The largest absolute Gasteiger partial charge is 0.480 e. The van der Waals surface area contributed by atoms with Gasteiger partial charge >= 0.3 is 5.97 Å². The second-order valence-electron chi connectivity index (χ2n) is 4.38. The lowest BCUT2D eigenvalue weighted by molar-refractivity contribution is -0.136. The van der Waals surface area contributed by atoms with Gasteiger partial charge < -0.3 is 10.0 Å². The molecule has 0 bridgehead atoms. The second-order valence-corrected chi connectivity index (χ2v) is 6.24. The third-order valence-electron chi connectivity index (χ3n) is 2.96. The van der Waals surface area contributed by atoms with E-state index in [1.54, 1.807) is 0 Å². The minimum atomic E-state index is -0.822. The zero-order chi connectivity index (χ0) is 15.0. The smallest absolute Gasteiger partial charge is 0.317 e. The summed E-state index contributed by atoms with van der Waals surface area (Å²) in [4.78, 5) is 12.4. The fourth-order valence-electron chi connectivity index (χ4n) is 1.86. The van der Waals surface area contributed by atoms with Crippen molar-refractivity contribution < 1.29 is 9.90 Å². The Morgan fingerprint density at radius 1 is 1.20 bits per heavy atom. The molecule has 1 aromatic carbocycles. The van der Waals surface area contributed by atoms with Crippen LogP contribution in [0.15, 0.2) is 24.3 Å². The molecule has 0 saturated carbocycles. The van der Waals surface area contributed by atoms with Gasteiger partial charge in [0, 0.05) is 30.5 Å². The summed E-state index contributed by atoms with van der Waals surface area (Å²) < 4.78 is 0. The molecule has 1 aromatic rings. The Kier molecular flexibility index (Phi) is 8.34. The maximum atomic E-state index is 10.7. The predicted molar refractivity (Wildman–Crippen MR) is 88.8 cm³/mol. The Morgan fingerprint density at radius 3 is 2.20 bits per heavy atom. The third-order valence-corrected chi connectivity index (χ3v) is 4.15. The Labute approximate surface area is 138 Å². The van der Waals surface area contributed by atoms with Crippen molar-refractivity contribution in [3.63, 3.8) is 0 Å². The molecule has 20 heavy (non-hydrogen) atoms. The molecule has 6 heteroatoms. The average Bonchev–Trinajstić information content (AvgIpc) is 2.45. The van der Waals surface area contributed by atoms with Crippen LogP contribution in [0.2, 0.25) is 0 Å². The number of hydrogen-bond donors (Lipinski definition) is 1. The van der Waals surface area contributed by atoms with Crippen molar-refractivity contribution in [3.05, 3.63) is 29.8 Å². The summed E-state index contributed by atoms with van der Waals surface area (Å²) in [6, 6.07) is 8.09. The monoisotopic (exact) mass is 381 g/mol. The molecule has 1 unspecified atom stereocenters. The molecule has 112 valence electrons. The van der Waals surface area contributed by atoms with Gasteiger partial charge in [-0.1, -0.05) is 28.1 Å². The van der Waals surface area contributed by atoms with Gasteiger partial charge in [0.25, 0.3) is 0 Å². The van der Waals surface area contributed by atoms with Crippen molar-refractivity contribution in [1.29, 1.82) is 0 Å². The number of carboxylic acid groups (broad SMARTS) is 1. The SMILES string of the molecule is O=C(O)C(Br)CCc1ccc(N(CCCl)CCCl)cc1. The molecular weight excluding hydrogens is 365 g/mol. The van der Waals surface area contributed by atoms with Crippen LogP contribution in [0.25, 0.3) is 0 Å². The molecular formula is C14H18BrCl2NO2. The summed E-state index contributed by atoms with van der Waals surface area (Å²) in [7, 11) is 0. The number of carboxylic acids is 1. The summed E-state index contributed by atoms with van der Waals surface area (Å²) in [5.41, 5.74) is 2.21. The highest BCUT2D eigenvalue weighted by molar-refractivity contribution is 9.10. The van der Waals surface area contributed by atoms with Crippen molar-refractivity contribution in [2.24, 2.45) is 0 Å². The first-order valence-corrected chi connectivity index (χ1v) is 8.39. The maximum absolute atomic E-state index is 10.7. The van der Waals surface area contributed by atoms with Gasteiger partial charge in [-0.05, 0) is 30.5 Å². The fraction of sp³-hybridized carbons (Fsp3) is 0.500. The van der Waals surface area contributed by atoms with E-state index < -0.39 is 10.8 Å². The molecule has 0 heterocycles. The van der Waals surface area contributed by atoms with Gasteiger partial charge in [0.05, 0.1) is 0 Å². The number of hydrogen-bond acceptors (Lipinski definition) is 2. The predicted octanol–water partition coefficient (Wildman–Crippen LogP) is 3.75. The number of rotatable bonds is 9. The molecule has 1 rings (SSSR count). The van der Waals surface area contributed by atoms with Crippen LogP contribution in [0.4, 0.5) is 5.69 Å². The number of alkyl halides is 3. The maximum Gasteiger partial charge on any atom is 0.317 e. The molecule has 0 aliphatic rings. The van der Waals surface area contributed by atoms with E-state index in [0.717, 1.165) is 30.8 Å². The van der Waals surface area contributed by atoms with E-state index in [4.69, 9.17) is 28.3 Å². The highest BCUT2D eigenvalue weighted by Crippen LogP contribution is 2.18. The number of aryl methyl sites for hydroxylation is 1. The van der Waals surface area contributed by atoms with E-state index in [-0.39, 0.29) is 0 Å². The standard InChI is InChI=1S/C14H18BrCl2NO2/c15-13(14(19)20)6-3-11-1-4-12(5-2-11)18(9-7-16)10-8-17/h1-2,4-5,13H,3,6-10H2,(H,19,20). The van der Waals surface area contributed by atoms with Crippen LogP contribution in [0.5, 0.6) is 0 Å². The van der Waals surface area contributed by atoms with E-state index in [1.165, 1.54) is 0 Å². The third kappa shape index (κ3) is 5.90. The lowest BCUT2D eigenvalue weighted by atomic mass is 10.1. The van der Waals surface area contributed by atoms with Gasteiger partial charge in [-0.25, -0.2) is 0 Å². The normalized spacial score (nSPS) is 12.2. The molecule has 0 fully saturated rings. The van der Waals surface area contributed by atoms with Gasteiger partial charge in [-0.15, -0.1) is 23.2 Å². The number of carbonyl (C=O) groups is 1. The van der Waals surface area contributed by atoms with Crippen LogP contribution < -0.4 is 4.90 Å². The zero-order valence-electron chi connectivity index (χ0n) is 11.1. The number of nitrogens with zero attached hydrogens (tertiary/aromatic N) is 1. The molecule has 3 nitrogen and oxygen atoms in total. The number of halogens is 3. The first kappa shape index (κ1) is 17.6. The molecule has 0 radical (unpaired) electrons. The van der Waals surface area contributed by atoms with Crippen molar-refractivity contribution in [2.45, 2.75) is 17.7 Å². The van der Waals surface area contributed by atoms with Gasteiger partial charge in [0.2, 0.25) is 0 Å². The molecule has 1 N–H and O–H groups in total. The first-order valence-electron chi connectivity index (χ1n) is 6.41. The Hall–Kier alpha value is -0.450. The van der Waals surface area contributed by atoms with Gasteiger partial charge in [0.1, 0.15) is 4.83 Å². The van der Waals surface area contributed by atoms with E-state index in [1.807, 2.05) is 24.3 Å². The van der Waals surface area contributed by atoms with Gasteiger partial charge in [0.15, 0.2) is 0 Å². The first-order chi connectivity index (χ1) is 9.58. The Bertz CT molecular complexity index is 408. The van der Waals surface area contributed by atoms with E-state index in [0.29, 0.717) is 18.2 Å². The highest BCUT2D eigenvalue weighted by Gasteiger charge is 2.12. The Balaban J connectivity index is 2.60. The van der Waals surface area contributed by atoms with Crippen LogP contribution in [0.1, 0.15) is 12.0 Å². The van der Waals surface area contributed by atoms with Crippen molar-refractivity contribution in [2.75, 3.05) is 29.7 Å². The number of anilines is 1. The second kappa shape index (κ2) is 9.48. The van der Waals surface area contributed by atoms with E-state index >= 15 is 0 Å². The number of aliphatic carboxylic acids is 1. The molecule has 0 aliphatic heterocycles. The quantitative estimate of drug-likeness (QED) is 0.661. The van der Waals surface area contributed by atoms with Crippen LogP contribution >= 0.6 is 39.1 Å². The lowest BCUT2D eigenvalue weighted by Crippen LogP contribution is -2.27. The van der Waals surface area contributed by atoms with Crippen LogP contribution in [-0.2, 0) is 11.2 Å². The molecule has 0 spiro atoms. The molecule has 0 aromatic heterocycles. The number of benzene rings is 1. The highest BCUT2D eigenvalue weighted by atomic mass is 79.9. The van der Waals surface area contributed by atoms with Gasteiger partial charge in [-0.3, -0.25) is 4.79 Å². The molecule has 1 atom stereocenters. The van der Waals surface area contributed by atoms with Crippen molar-refractivity contribution in [1.82, 2.24) is 0 Å². The fourth-order valence-corrected chi connectivity index (χ4v) is 2.50. The lowest BCUT2D eigenvalue weighted by Gasteiger charge is -2.23. The van der Waals surface area contributed by atoms with Crippen LogP contribution in [0.3, 0.4) is 0 Å². The molecule has 0 aliphatic carbocycles. The average molecular weight is 383 g/mol. The summed E-state index contributed by atoms with van der Waals surface area (Å²) in [6.45, 7) is 1.52. The van der Waals surface area contributed by atoms with Crippen LogP contribution in [0, 0.1) is 0 Å². The van der Waals surface area contributed by atoms with Crippen molar-refractivity contribution in [3.8, 4) is 0 Å². The Morgan fingerprint density at radius 2 is 1.75 bits per heavy atom. The van der Waals surface area contributed by atoms with E-state index in [2.05, 4.69) is 20.8 Å².